The maximum Gasteiger partial charge on any atom is 0.273 e. The minimum absolute atomic E-state index is 0.0667. The van der Waals surface area contributed by atoms with E-state index >= 15 is 0 Å². The van der Waals surface area contributed by atoms with Crippen molar-refractivity contribution in [3.8, 4) is 5.75 Å². The summed E-state index contributed by atoms with van der Waals surface area (Å²) in [7, 11) is 0. The molecule has 3 aromatic rings. The van der Waals surface area contributed by atoms with Gasteiger partial charge in [-0.2, -0.15) is 5.10 Å². The fourth-order valence-electron chi connectivity index (χ4n) is 2.62. The van der Waals surface area contributed by atoms with E-state index in [4.69, 9.17) is 0 Å². The molecule has 0 spiro atoms. The Kier molecular flexibility index (Phi) is 6.96. The number of hydrogen-bond donors (Lipinski definition) is 3. The van der Waals surface area contributed by atoms with Crippen LogP contribution in [0.5, 0.6) is 5.75 Å². The summed E-state index contributed by atoms with van der Waals surface area (Å²) < 4.78 is 0.930. The van der Waals surface area contributed by atoms with E-state index < -0.39 is 5.91 Å². The van der Waals surface area contributed by atoms with Crippen LogP contribution in [0.15, 0.2) is 77.9 Å². The zero-order valence-electron chi connectivity index (χ0n) is 15.3. The quantitative estimate of drug-likeness (QED) is 0.273. The lowest BCUT2D eigenvalue weighted by molar-refractivity contribution is -0.115. The Bertz CT molecular complexity index is 1050. The fourth-order valence-corrected chi connectivity index (χ4v) is 3.13. The first-order valence-electron chi connectivity index (χ1n) is 8.77. The number of para-hydroxylation sites is 1. The average Bonchev–Trinajstić information content (AvgIpc) is 2.71. The number of aromatic hydroxyl groups is 1. The van der Waals surface area contributed by atoms with Gasteiger partial charge in [0.15, 0.2) is 0 Å². The lowest BCUT2D eigenvalue weighted by atomic mass is 10.1. The summed E-state index contributed by atoms with van der Waals surface area (Å²) in [6.45, 7) is 0. The molecule has 0 aliphatic rings. The van der Waals surface area contributed by atoms with Crippen LogP contribution in [0, 0.1) is 3.57 Å². The summed E-state index contributed by atoms with van der Waals surface area (Å²) in [5.41, 5.74) is 4.48. The molecule has 7 heteroatoms. The summed E-state index contributed by atoms with van der Waals surface area (Å²) >= 11 is 2.12. The number of benzene rings is 3. The van der Waals surface area contributed by atoms with Crippen LogP contribution >= 0.6 is 22.6 Å². The predicted octanol–water partition coefficient (Wildman–Crippen LogP) is 3.94. The van der Waals surface area contributed by atoms with Gasteiger partial charge in [0.25, 0.3) is 5.91 Å². The number of nitrogens with zero attached hydrogens (tertiary/aromatic N) is 1. The van der Waals surface area contributed by atoms with Crippen molar-refractivity contribution in [1.82, 2.24) is 5.43 Å². The second-order valence-electron chi connectivity index (χ2n) is 6.16. The average molecular weight is 499 g/mol. The van der Waals surface area contributed by atoms with Crippen molar-refractivity contribution in [2.75, 3.05) is 5.32 Å². The van der Waals surface area contributed by atoms with Gasteiger partial charge in [0.05, 0.1) is 23.9 Å². The van der Waals surface area contributed by atoms with Gasteiger partial charge in [-0.1, -0.05) is 42.5 Å². The topological polar surface area (TPSA) is 90.8 Å². The smallest absolute Gasteiger partial charge is 0.273 e. The van der Waals surface area contributed by atoms with Crippen LogP contribution in [0.25, 0.3) is 0 Å². The number of carbonyl (C=O) groups is 2. The SMILES string of the molecule is O=C(Cc1ccccc1)Nc1ccccc1C(=O)N/N=C/c1cc(I)ccc1O. The van der Waals surface area contributed by atoms with Crippen molar-refractivity contribution in [3.63, 3.8) is 0 Å². The zero-order chi connectivity index (χ0) is 20.6. The molecule has 0 saturated carbocycles. The number of phenolic OH excluding ortho intramolecular Hbond substituents is 1. The number of amides is 2. The lowest BCUT2D eigenvalue weighted by Crippen LogP contribution is -2.22. The Labute approximate surface area is 181 Å². The molecular weight excluding hydrogens is 481 g/mol. The van der Waals surface area contributed by atoms with Gasteiger partial charge in [-0.25, -0.2) is 5.43 Å². The van der Waals surface area contributed by atoms with Gasteiger partial charge < -0.3 is 10.4 Å². The molecule has 0 radical (unpaired) electrons. The van der Waals surface area contributed by atoms with E-state index in [1.54, 1.807) is 42.5 Å². The Morgan fingerprint density at radius 2 is 1.72 bits per heavy atom. The number of nitrogens with one attached hydrogen (secondary N) is 2. The first-order valence-corrected chi connectivity index (χ1v) is 9.85. The van der Waals surface area contributed by atoms with Gasteiger partial charge in [0.2, 0.25) is 5.91 Å². The minimum Gasteiger partial charge on any atom is -0.507 e. The third-order valence-corrected chi connectivity index (χ3v) is 4.68. The van der Waals surface area contributed by atoms with Gasteiger partial charge in [0, 0.05) is 9.13 Å². The van der Waals surface area contributed by atoms with Crippen molar-refractivity contribution in [2.24, 2.45) is 5.10 Å². The minimum atomic E-state index is -0.470. The van der Waals surface area contributed by atoms with E-state index in [1.807, 2.05) is 30.3 Å². The highest BCUT2D eigenvalue weighted by Crippen LogP contribution is 2.18. The standard InChI is InChI=1S/C22H18IN3O3/c23-17-10-11-20(27)16(13-17)14-24-26-22(29)18-8-4-5-9-19(18)25-21(28)12-15-6-2-1-3-7-15/h1-11,13-14,27H,12H2,(H,25,28)(H,26,29)/b24-14+. The summed E-state index contributed by atoms with van der Waals surface area (Å²) in [4.78, 5) is 24.8. The third kappa shape index (κ3) is 5.89. The number of phenols is 1. The highest BCUT2D eigenvalue weighted by molar-refractivity contribution is 14.1. The van der Waals surface area contributed by atoms with Crippen LogP contribution in [-0.2, 0) is 11.2 Å². The molecule has 29 heavy (non-hydrogen) atoms. The van der Waals surface area contributed by atoms with Crippen LogP contribution in [0.3, 0.4) is 0 Å². The van der Waals surface area contributed by atoms with Crippen LogP contribution in [0.4, 0.5) is 5.69 Å². The Balaban J connectivity index is 1.67. The van der Waals surface area contributed by atoms with Gasteiger partial charge in [0.1, 0.15) is 5.75 Å². The summed E-state index contributed by atoms with van der Waals surface area (Å²) in [5.74, 6) is -0.622. The molecule has 0 aliphatic carbocycles. The van der Waals surface area contributed by atoms with E-state index in [0.717, 1.165) is 9.13 Å². The number of halogens is 1. The second-order valence-corrected chi connectivity index (χ2v) is 7.40. The summed E-state index contributed by atoms with van der Waals surface area (Å²) in [6, 6.07) is 21.1. The molecule has 0 heterocycles. The Morgan fingerprint density at radius 3 is 2.52 bits per heavy atom. The van der Waals surface area contributed by atoms with Crippen molar-refractivity contribution in [3.05, 3.63) is 93.1 Å². The van der Waals surface area contributed by atoms with E-state index in [0.29, 0.717) is 11.3 Å². The molecule has 2 amide bonds. The maximum absolute atomic E-state index is 12.5. The molecule has 146 valence electrons. The number of hydrogen-bond acceptors (Lipinski definition) is 4. The predicted molar refractivity (Wildman–Crippen MR) is 121 cm³/mol. The highest BCUT2D eigenvalue weighted by Gasteiger charge is 2.13. The lowest BCUT2D eigenvalue weighted by Gasteiger charge is -2.10. The number of anilines is 1. The van der Waals surface area contributed by atoms with E-state index in [9.17, 15) is 14.7 Å². The molecule has 0 fully saturated rings. The largest absolute Gasteiger partial charge is 0.507 e. The first-order chi connectivity index (χ1) is 14.0. The molecule has 3 aromatic carbocycles. The Hall–Kier alpha value is -3.20. The molecule has 0 bridgehead atoms. The van der Waals surface area contributed by atoms with Crippen LogP contribution in [0.2, 0.25) is 0 Å². The van der Waals surface area contributed by atoms with Crippen LogP contribution in [0.1, 0.15) is 21.5 Å². The molecule has 3 rings (SSSR count). The molecule has 0 atom stereocenters. The monoisotopic (exact) mass is 499 g/mol. The second kappa shape index (κ2) is 9.83. The highest BCUT2D eigenvalue weighted by atomic mass is 127. The van der Waals surface area contributed by atoms with Crippen LogP contribution in [-0.4, -0.2) is 23.1 Å². The van der Waals surface area contributed by atoms with Gasteiger partial charge >= 0.3 is 0 Å². The van der Waals surface area contributed by atoms with E-state index in [2.05, 4.69) is 38.4 Å². The summed E-state index contributed by atoms with van der Waals surface area (Å²) in [5, 5.41) is 16.5. The first kappa shape index (κ1) is 20.5. The molecule has 6 nitrogen and oxygen atoms in total. The van der Waals surface area contributed by atoms with Crippen molar-refractivity contribution >= 4 is 46.3 Å². The molecular formula is C22H18IN3O3. The van der Waals surface area contributed by atoms with Gasteiger partial charge in [-0.05, 0) is 58.5 Å². The van der Waals surface area contributed by atoms with Crippen molar-refractivity contribution in [2.45, 2.75) is 6.42 Å². The molecule has 3 N–H and O–H groups in total. The van der Waals surface area contributed by atoms with Crippen molar-refractivity contribution in [1.29, 1.82) is 0 Å². The van der Waals surface area contributed by atoms with Crippen LogP contribution < -0.4 is 10.7 Å². The third-order valence-electron chi connectivity index (χ3n) is 4.01. The van der Waals surface area contributed by atoms with Gasteiger partial charge in [-0.15, -0.1) is 0 Å². The van der Waals surface area contributed by atoms with Crippen molar-refractivity contribution < 1.29 is 14.7 Å². The van der Waals surface area contributed by atoms with E-state index in [1.165, 1.54) is 6.21 Å². The van der Waals surface area contributed by atoms with Gasteiger partial charge in [-0.3, -0.25) is 9.59 Å². The number of rotatable bonds is 6. The zero-order valence-corrected chi connectivity index (χ0v) is 17.5. The normalized spacial score (nSPS) is 10.7. The molecule has 0 aromatic heterocycles. The number of carbonyl (C=O) groups excluding carboxylic acids is 2. The fraction of sp³-hybridized carbons (Fsp3) is 0.0455. The molecule has 0 aliphatic heterocycles. The van der Waals surface area contributed by atoms with E-state index in [-0.39, 0.29) is 23.6 Å². The molecule has 0 saturated heterocycles. The number of hydrazone groups is 1. The maximum atomic E-state index is 12.5. The summed E-state index contributed by atoms with van der Waals surface area (Å²) in [6.07, 6.45) is 1.58. The molecule has 0 unspecified atom stereocenters. The Morgan fingerprint density at radius 1 is 1.00 bits per heavy atom.